The lowest BCUT2D eigenvalue weighted by Gasteiger charge is -2.51. The summed E-state index contributed by atoms with van der Waals surface area (Å²) in [5.41, 5.74) is 1.35. The normalized spacial score (nSPS) is 33.7. The number of carbonyl (C=O) groups is 4. The number of amides is 4. The molecule has 0 bridgehead atoms. The lowest BCUT2D eigenvalue weighted by Crippen LogP contribution is -2.60. The summed E-state index contributed by atoms with van der Waals surface area (Å²) in [7, 11) is 0. The van der Waals surface area contributed by atoms with E-state index < -0.39 is 51.1 Å². The molecule has 6 unspecified atom stereocenters. The highest BCUT2D eigenvalue weighted by molar-refractivity contribution is 9.10. The first-order chi connectivity index (χ1) is 18.5. The maximum absolute atomic E-state index is 13.9. The summed E-state index contributed by atoms with van der Waals surface area (Å²) in [5.74, 6) is -5.29. The number of alkyl halides is 3. The third-order valence-electron chi connectivity index (χ3n) is 8.39. The summed E-state index contributed by atoms with van der Waals surface area (Å²) in [6.07, 6.45) is 1.97. The number of nitrogens with zero attached hydrogens (tertiary/aromatic N) is 2. The number of allylic oxidation sites excluding steroid dienone is 2. The Labute approximate surface area is 255 Å². The molecule has 12 heteroatoms. The Kier molecular flexibility index (Phi) is 6.51. The number of phenolic OH excluding ortho intramolecular Hbond substituents is 1. The monoisotopic (exact) mass is 714 g/mol. The zero-order chi connectivity index (χ0) is 28.0. The van der Waals surface area contributed by atoms with E-state index in [1.165, 1.54) is 17.0 Å². The van der Waals surface area contributed by atoms with Crippen LogP contribution in [0.3, 0.4) is 0 Å². The van der Waals surface area contributed by atoms with Crippen LogP contribution >= 0.6 is 66.7 Å². The van der Waals surface area contributed by atoms with E-state index >= 15 is 0 Å². The Bertz CT molecular complexity index is 1500. The van der Waals surface area contributed by atoms with E-state index in [1.807, 2.05) is 6.08 Å². The number of hydrogen-bond donors (Lipinski definition) is 1. The molecule has 202 valence electrons. The van der Waals surface area contributed by atoms with Gasteiger partial charge in [0.15, 0.2) is 9.75 Å². The number of fused-ring (bicyclic) bond motifs is 4. The molecular formula is C27H19Br2Cl3N2O5. The van der Waals surface area contributed by atoms with Crippen molar-refractivity contribution in [3.63, 3.8) is 0 Å². The molecule has 6 rings (SSSR count). The second kappa shape index (κ2) is 9.31. The standard InChI is InChI=1S/C27H19Br2Cl3N2O5/c28-11-33-24(38)26(31)10-18-15(21(27(26,32)25(33)39)16-6-5-14(35)9-19(16)30)7-8-17-20(18)23(37)34(22(17)36)13-3-1-12(29)2-4-13/h1-7,9,17-18,20-21,35H,8,10-11H2. The van der Waals surface area contributed by atoms with Gasteiger partial charge in [0, 0.05) is 15.4 Å². The summed E-state index contributed by atoms with van der Waals surface area (Å²) >= 11 is 27.5. The second-order valence-electron chi connectivity index (χ2n) is 10.2. The summed E-state index contributed by atoms with van der Waals surface area (Å²) in [6, 6.07) is 11.2. The van der Waals surface area contributed by atoms with E-state index in [-0.39, 0.29) is 35.0 Å². The van der Waals surface area contributed by atoms with Gasteiger partial charge in [-0.3, -0.25) is 29.0 Å². The fraction of sp³-hybridized carbons (Fsp3) is 0.333. The fourth-order valence-electron chi connectivity index (χ4n) is 6.69. The van der Waals surface area contributed by atoms with E-state index in [2.05, 4.69) is 31.9 Å². The van der Waals surface area contributed by atoms with E-state index in [1.54, 1.807) is 30.3 Å². The van der Waals surface area contributed by atoms with E-state index in [9.17, 15) is 24.3 Å². The lowest BCUT2D eigenvalue weighted by molar-refractivity contribution is -0.138. The molecule has 2 aromatic carbocycles. The number of aromatic hydroxyl groups is 1. The zero-order valence-corrected chi connectivity index (χ0v) is 25.4. The number of carbonyl (C=O) groups excluding carboxylic acids is 4. The largest absolute Gasteiger partial charge is 0.508 e. The van der Waals surface area contributed by atoms with Crippen molar-refractivity contribution in [3.8, 4) is 5.75 Å². The number of halogens is 5. The molecule has 2 heterocycles. The van der Waals surface area contributed by atoms with Gasteiger partial charge in [0.05, 0.1) is 23.0 Å². The van der Waals surface area contributed by atoms with Crippen LogP contribution in [0.4, 0.5) is 5.69 Å². The summed E-state index contributed by atoms with van der Waals surface area (Å²) in [5, 5.41) is 10.1. The van der Waals surface area contributed by atoms with Crippen molar-refractivity contribution in [2.24, 2.45) is 17.8 Å². The molecule has 2 aliphatic carbocycles. The van der Waals surface area contributed by atoms with Crippen molar-refractivity contribution in [1.82, 2.24) is 4.90 Å². The minimum atomic E-state index is -1.95. The van der Waals surface area contributed by atoms with Crippen molar-refractivity contribution >= 4 is 96.0 Å². The molecule has 6 atom stereocenters. The molecule has 0 aromatic heterocycles. The van der Waals surface area contributed by atoms with Gasteiger partial charge in [-0.15, -0.1) is 23.2 Å². The van der Waals surface area contributed by atoms with Gasteiger partial charge in [0.25, 0.3) is 11.8 Å². The van der Waals surface area contributed by atoms with Crippen molar-refractivity contribution in [2.75, 3.05) is 10.4 Å². The number of imide groups is 2. The summed E-state index contributed by atoms with van der Waals surface area (Å²) in [4.78, 5) is 53.2. The number of anilines is 1. The van der Waals surface area contributed by atoms with Crippen LogP contribution in [-0.2, 0) is 19.2 Å². The van der Waals surface area contributed by atoms with Crippen molar-refractivity contribution in [1.29, 1.82) is 0 Å². The third-order valence-corrected chi connectivity index (χ3v) is 11.2. The Morgan fingerprint density at radius 2 is 1.67 bits per heavy atom. The van der Waals surface area contributed by atoms with E-state index in [4.69, 9.17) is 34.8 Å². The van der Waals surface area contributed by atoms with E-state index in [0.717, 1.165) is 9.37 Å². The van der Waals surface area contributed by atoms with Gasteiger partial charge < -0.3 is 5.11 Å². The molecule has 2 aliphatic heterocycles. The van der Waals surface area contributed by atoms with Gasteiger partial charge in [-0.2, -0.15) is 0 Å². The van der Waals surface area contributed by atoms with Gasteiger partial charge >= 0.3 is 0 Å². The van der Waals surface area contributed by atoms with Crippen molar-refractivity contribution < 1.29 is 24.3 Å². The highest BCUT2D eigenvalue weighted by Crippen LogP contribution is 2.66. The van der Waals surface area contributed by atoms with Crippen LogP contribution < -0.4 is 4.90 Å². The molecule has 0 radical (unpaired) electrons. The second-order valence-corrected chi connectivity index (χ2v) is 13.2. The lowest BCUT2D eigenvalue weighted by atomic mass is 9.56. The minimum absolute atomic E-state index is 0.0906. The van der Waals surface area contributed by atoms with Crippen LogP contribution in [0.25, 0.3) is 0 Å². The first kappa shape index (κ1) is 27.3. The maximum Gasteiger partial charge on any atom is 0.254 e. The Morgan fingerprint density at radius 1 is 0.974 bits per heavy atom. The van der Waals surface area contributed by atoms with Gasteiger partial charge in [-0.25, -0.2) is 0 Å². The van der Waals surface area contributed by atoms with Crippen LogP contribution in [0, 0.1) is 17.8 Å². The van der Waals surface area contributed by atoms with Gasteiger partial charge in [-0.05, 0) is 60.7 Å². The molecule has 4 aliphatic rings. The van der Waals surface area contributed by atoms with Crippen molar-refractivity contribution in [3.05, 3.63) is 69.2 Å². The van der Waals surface area contributed by atoms with Crippen LogP contribution in [0.5, 0.6) is 5.75 Å². The topological polar surface area (TPSA) is 95.0 Å². The Balaban J connectivity index is 1.53. The average molecular weight is 718 g/mol. The van der Waals surface area contributed by atoms with Gasteiger partial charge in [0.1, 0.15) is 5.75 Å². The highest BCUT2D eigenvalue weighted by Gasteiger charge is 2.76. The van der Waals surface area contributed by atoms with Crippen LogP contribution in [0.1, 0.15) is 24.3 Å². The first-order valence-electron chi connectivity index (χ1n) is 12.1. The Hall–Kier alpha value is -1.91. The average Bonchev–Trinajstić information content (AvgIpc) is 3.23. The molecular weight excluding hydrogens is 698 g/mol. The molecule has 39 heavy (non-hydrogen) atoms. The Morgan fingerprint density at radius 3 is 2.31 bits per heavy atom. The first-order valence-corrected chi connectivity index (χ1v) is 15.1. The molecule has 0 spiro atoms. The minimum Gasteiger partial charge on any atom is -0.508 e. The predicted octanol–water partition coefficient (Wildman–Crippen LogP) is 5.72. The molecule has 3 fully saturated rings. The molecule has 2 aromatic rings. The number of likely N-dealkylation sites (tertiary alicyclic amines) is 1. The molecule has 7 nitrogen and oxygen atoms in total. The summed E-state index contributed by atoms with van der Waals surface area (Å²) < 4.78 is 0.802. The molecule has 4 amide bonds. The van der Waals surface area contributed by atoms with E-state index in [0.29, 0.717) is 16.8 Å². The molecule has 1 N–H and O–H groups in total. The third kappa shape index (κ3) is 3.59. The fourth-order valence-corrected chi connectivity index (χ4v) is 8.66. The molecule has 2 saturated heterocycles. The predicted molar refractivity (Wildman–Crippen MR) is 153 cm³/mol. The number of rotatable bonds is 3. The van der Waals surface area contributed by atoms with Crippen LogP contribution in [0.15, 0.2) is 58.6 Å². The zero-order valence-electron chi connectivity index (χ0n) is 19.9. The summed E-state index contributed by atoms with van der Waals surface area (Å²) in [6.45, 7) is 0. The SMILES string of the molecule is O=C1C2CC=C3C(CC4(Cl)C(=O)N(CBr)C(=O)C4(Cl)C3c3ccc(O)cc3Cl)C2C(=O)N1c1ccc(Br)cc1. The number of phenols is 1. The van der Waals surface area contributed by atoms with Crippen LogP contribution in [-0.4, -0.2) is 48.8 Å². The number of benzene rings is 2. The van der Waals surface area contributed by atoms with Gasteiger partial charge in [0.2, 0.25) is 11.8 Å². The van der Waals surface area contributed by atoms with Crippen LogP contribution in [0.2, 0.25) is 5.02 Å². The van der Waals surface area contributed by atoms with Crippen molar-refractivity contribution in [2.45, 2.75) is 28.5 Å². The highest BCUT2D eigenvalue weighted by atomic mass is 79.9. The smallest absolute Gasteiger partial charge is 0.254 e. The quantitative estimate of drug-likeness (QED) is 0.190. The number of hydrogen-bond acceptors (Lipinski definition) is 5. The maximum atomic E-state index is 13.9. The van der Waals surface area contributed by atoms with Gasteiger partial charge in [-0.1, -0.05) is 61.2 Å². The molecule has 1 saturated carbocycles.